The molecule has 1 rings (SSSR count). The fourth-order valence-electron chi connectivity index (χ4n) is 1.78. The molecule has 3 N–H and O–H groups in total. The first-order valence-corrected chi connectivity index (χ1v) is 6.27. The van der Waals surface area contributed by atoms with E-state index < -0.39 is 5.54 Å². The molecule has 0 radical (unpaired) electrons. The van der Waals surface area contributed by atoms with E-state index in [-0.39, 0.29) is 5.91 Å². The second kappa shape index (κ2) is 6.33. The maximum absolute atomic E-state index is 11.6. The molecule has 100 valence electrons. The van der Waals surface area contributed by atoms with Gasteiger partial charge in [-0.25, -0.2) is 0 Å². The van der Waals surface area contributed by atoms with Crippen LogP contribution in [0, 0.1) is 5.92 Å². The molecule has 1 amide bonds. The first-order valence-electron chi connectivity index (χ1n) is 6.27. The van der Waals surface area contributed by atoms with Gasteiger partial charge in [-0.2, -0.15) is 0 Å². The number of carbonyl (C=O) groups is 1. The Kier molecular flexibility index (Phi) is 5.36. The van der Waals surface area contributed by atoms with E-state index in [0.29, 0.717) is 12.5 Å². The van der Waals surface area contributed by atoms with Crippen LogP contribution in [0.2, 0.25) is 0 Å². The maximum atomic E-state index is 11.6. The van der Waals surface area contributed by atoms with E-state index in [1.165, 1.54) is 0 Å². The molecule has 0 saturated carbocycles. The van der Waals surface area contributed by atoms with Crippen LogP contribution in [-0.4, -0.2) is 55.7 Å². The molecule has 17 heavy (non-hydrogen) atoms. The van der Waals surface area contributed by atoms with Crippen LogP contribution < -0.4 is 11.1 Å². The predicted octanol–water partition coefficient (Wildman–Crippen LogP) is -0.192. The largest absolute Gasteiger partial charge is 0.379 e. The highest BCUT2D eigenvalue weighted by Crippen LogP contribution is 2.03. The Morgan fingerprint density at radius 1 is 1.47 bits per heavy atom. The Balaban J connectivity index is 2.20. The number of hydrogen-bond donors (Lipinski definition) is 2. The molecule has 0 spiro atoms. The number of nitrogens with two attached hydrogens (primary N) is 1. The summed E-state index contributed by atoms with van der Waals surface area (Å²) in [6, 6.07) is 0. The minimum atomic E-state index is -0.793. The second-order valence-electron chi connectivity index (χ2n) is 5.45. The SMILES string of the molecule is CC(CNC(=O)C(C)(C)N)CN1CCOCC1. The van der Waals surface area contributed by atoms with Gasteiger partial charge in [0.1, 0.15) is 0 Å². The zero-order valence-electron chi connectivity index (χ0n) is 11.2. The number of hydrogen-bond acceptors (Lipinski definition) is 4. The third-order valence-corrected chi connectivity index (χ3v) is 2.87. The van der Waals surface area contributed by atoms with Crippen molar-refractivity contribution in [2.45, 2.75) is 26.3 Å². The molecular formula is C12H25N3O2. The van der Waals surface area contributed by atoms with Crippen LogP contribution in [0.4, 0.5) is 0 Å². The zero-order chi connectivity index (χ0) is 12.9. The summed E-state index contributed by atoms with van der Waals surface area (Å²) < 4.78 is 5.30. The van der Waals surface area contributed by atoms with Crippen molar-refractivity contribution in [2.24, 2.45) is 11.7 Å². The smallest absolute Gasteiger partial charge is 0.239 e. The van der Waals surface area contributed by atoms with Crippen molar-refractivity contribution in [3.8, 4) is 0 Å². The number of ether oxygens (including phenoxy) is 1. The summed E-state index contributed by atoms with van der Waals surface area (Å²) >= 11 is 0. The van der Waals surface area contributed by atoms with Crippen molar-refractivity contribution in [1.82, 2.24) is 10.2 Å². The molecule has 1 unspecified atom stereocenters. The van der Waals surface area contributed by atoms with Crippen LogP contribution in [0.5, 0.6) is 0 Å². The molecule has 1 atom stereocenters. The molecule has 0 aromatic carbocycles. The van der Waals surface area contributed by atoms with E-state index in [9.17, 15) is 4.79 Å². The lowest BCUT2D eigenvalue weighted by atomic mass is 10.1. The standard InChI is InChI=1S/C12H25N3O2/c1-10(8-14-11(16)12(2,3)13)9-15-4-6-17-7-5-15/h10H,4-9,13H2,1-3H3,(H,14,16). The maximum Gasteiger partial charge on any atom is 0.239 e. The Bertz CT molecular complexity index is 245. The monoisotopic (exact) mass is 243 g/mol. The fourth-order valence-corrected chi connectivity index (χ4v) is 1.78. The highest BCUT2D eigenvalue weighted by Gasteiger charge is 2.22. The highest BCUT2D eigenvalue weighted by atomic mass is 16.5. The summed E-state index contributed by atoms with van der Waals surface area (Å²) in [6.07, 6.45) is 0. The molecular weight excluding hydrogens is 218 g/mol. The van der Waals surface area contributed by atoms with E-state index in [0.717, 1.165) is 32.8 Å². The van der Waals surface area contributed by atoms with Crippen molar-refractivity contribution >= 4 is 5.91 Å². The van der Waals surface area contributed by atoms with Gasteiger partial charge in [0.15, 0.2) is 0 Å². The molecule has 5 heteroatoms. The average molecular weight is 243 g/mol. The van der Waals surface area contributed by atoms with E-state index in [1.807, 2.05) is 0 Å². The molecule has 1 aliphatic heterocycles. The summed E-state index contributed by atoms with van der Waals surface area (Å²) in [5, 5.41) is 2.89. The lowest BCUT2D eigenvalue weighted by Crippen LogP contribution is -2.50. The average Bonchev–Trinajstić information content (AvgIpc) is 2.26. The van der Waals surface area contributed by atoms with Gasteiger partial charge in [0.25, 0.3) is 0 Å². The van der Waals surface area contributed by atoms with Crippen molar-refractivity contribution in [3.05, 3.63) is 0 Å². The van der Waals surface area contributed by atoms with E-state index in [4.69, 9.17) is 10.5 Å². The molecule has 0 aromatic heterocycles. The molecule has 1 heterocycles. The number of nitrogens with zero attached hydrogens (tertiary/aromatic N) is 1. The molecule has 1 fully saturated rings. The van der Waals surface area contributed by atoms with Gasteiger partial charge in [-0.15, -0.1) is 0 Å². The third kappa shape index (κ3) is 5.48. The summed E-state index contributed by atoms with van der Waals surface area (Å²) in [5.41, 5.74) is 4.92. The zero-order valence-corrected chi connectivity index (χ0v) is 11.2. The van der Waals surface area contributed by atoms with Crippen LogP contribution in [-0.2, 0) is 9.53 Å². The van der Waals surface area contributed by atoms with E-state index >= 15 is 0 Å². The molecule has 0 aromatic rings. The molecule has 5 nitrogen and oxygen atoms in total. The molecule has 0 bridgehead atoms. The lowest BCUT2D eigenvalue weighted by Gasteiger charge is -2.29. The Morgan fingerprint density at radius 3 is 2.59 bits per heavy atom. The Labute approximate surface area is 104 Å². The first-order chi connectivity index (χ1) is 7.89. The van der Waals surface area contributed by atoms with Gasteiger partial charge in [0.2, 0.25) is 5.91 Å². The number of morpholine rings is 1. The predicted molar refractivity (Wildman–Crippen MR) is 67.7 cm³/mol. The van der Waals surface area contributed by atoms with Crippen LogP contribution in [0.3, 0.4) is 0 Å². The lowest BCUT2D eigenvalue weighted by molar-refractivity contribution is -0.125. The van der Waals surface area contributed by atoms with Crippen molar-refractivity contribution in [1.29, 1.82) is 0 Å². The third-order valence-electron chi connectivity index (χ3n) is 2.87. The molecule has 1 aliphatic rings. The minimum absolute atomic E-state index is 0.0914. The first kappa shape index (κ1) is 14.4. The van der Waals surface area contributed by atoms with Gasteiger partial charge in [-0.1, -0.05) is 6.92 Å². The summed E-state index contributed by atoms with van der Waals surface area (Å²) in [6.45, 7) is 10.8. The number of carbonyl (C=O) groups excluding carboxylic acids is 1. The van der Waals surface area contributed by atoms with E-state index in [1.54, 1.807) is 13.8 Å². The molecule has 1 saturated heterocycles. The van der Waals surface area contributed by atoms with Crippen LogP contribution >= 0.6 is 0 Å². The van der Waals surface area contributed by atoms with Crippen LogP contribution in [0.1, 0.15) is 20.8 Å². The van der Waals surface area contributed by atoms with Crippen molar-refractivity contribution in [2.75, 3.05) is 39.4 Å². The Hall–Kier alpha value is -0.650. The van der Waals surface area contributed by atoms with Crippen molar-refractivity contribution < 1.29 is 9.53 Å². The number of rotatable bonds is 5. The van der Waals surface area contributed by atoms with Gasteiger partial charge in [-0.05, 0) is 19.8 Å². The van der Waals surface area contributed by atoms with Gasteiger partial charge >= 0.3 is 0 Å². The molecule has 0 aliphatic carbocycles. The fraction of sp³-hybridized carbons (Fsp3) is 0.917. The summed E-state index contributed by atoms with van der Waals surface area (Å²) in [4.78, 5) is 14.0. The number of amides is 1. The van der Waals surface area contributed by atoms with Crippen LogP contribution in [0.15, 0.2) is 0 Å². The highest BCUT2D eigenvalue weighted by molar-refractivity contribution is 5.84. The topological polar surface area (TPSA) is 67.6 Å². The van der Waals surface area contributed by atoms with E-state index in [2.05, 4.69) is 17.1 Å². The summed E-state index contributed by atoms with van der Waals surface area (Å²) in [5.74, 6) is 0.339. The second-order valence-corrected chi connectivity index (χ2v) is 5.45. The Morgan fingerprint density at radius 2 is 2.06 bits per heavy atom. The van der Waals surface area contributed by atoms with Gasteiger partial charge in [0, 0.05) is 26.2 Å². The van der Waals surface area contributed by atoms with Gasteiger partial charge in [0.05, 0.1) is 18.8 Å². The minimum Gasteiger partial charge on any atom is -0.379 e. The summed E-state index contributed by atoms with van der Waals surface area (Å²) in [7, 11) is 0. The van der Waals surface area contributed by atoms with Gasteiger partial charge < -0.3 is 15.8 Å². The van der Waals surface area contributed by atoms with Gasteiger partial charge in [-0.3, -0.25) is 9.69 Å². The normalized spacial score (nSPS) is 20.0. The number of nitrogens with one attached hydrogen (secondary N) is 1. The van der Waals surface area contributed by atoms with Crippen LogP contribution in [0.25, 0.3) is 0 Å². The quantitative estimate of drug-likeness (QED) is 0.702. The van der Waals surface area contributed by atoms with Crippen molar-refractivity contribution in [3.63, 3.8) is 0 Å².